The minimum Gasteiger partial charge on any atom is -0.397 e. The van der Waals surface area contributed by atoms with Gasteiger partial charge in [-0.25, -0.2) is 0 Å². The first-order valence-corrected chi connectivity index (χ1v) is 5.88. The van der Waals surface area contributed by atoms with E-state index < -0.39 is 4.92 Å². The number of nitro benzene ring substituents is 1. The van der Waals surface area contributed by atoms with Crippen LogP contribution in [0.3, 0.4) is 0 Å². The van der Waals surface area contributed by atoms with Gasteiger partial charge in [-0.05, 0) is 17.5 Å². The lowest BCUT2D eigenvalue weighted by atomic mass is 10.1. The topological polar surface area (TPSA) is 138 Å². The maximum Gasteiger partial charge on any atom is 0.271 e. The van der Waals surface area contributed by atoms with E-state index in [-0.39, 0.29) is 36.2 Å². The average molecular weight is 276 g/mol. The zero-order valence-corrected chi connectivity index (χ0v) is 10.5. The summed E-state index contributed by atoms with van der Waals surface area (Å²) in [5.74, 6) is -0.198. The fourth-order valence-electron chi connectivity index (χ4n) is 2.19. The summed E-state index contributed by atoms with van der Waals surface area (Å²) in [7, 11) is 0. The van der Waals surface area contributed by atoms with Crippen molar-refractivity contribution in [1.29, 1.82) is 0 Å². The molecule has 1 atom stereocenters. The lowest BCUT2D eigenvalue weighted by Gasteiger charge is -2.18. The van der Waals surface area contributed by atoms with Crippen LogP contribution in [-0.4, -0.2) is 23.9 Å². The molecule has 0 spiro atoms. The summed E-state index contributed by atoms with van der Waals surface area (Å²) >= 11 is 0. The third kappa shape index (κ3) is 2.62. The highest BCUT2D eigenvalue weighted by atomic mass is 16.6. The number of nitrogen functional groups attached to an aromatic ring is 1. The molecule has 0 radical (unpaired) electrons. The van der Waals surface area contributed by atoms with Crippen molar-refractivity contribution in [2.75, 3.05) is 23.7 Å². The molecule has 1 aliphatic heterocycles. The molecule has 0 saturated carbocycles. The molecule has 1 aliphatic rings. The Morgan fingerprint density at radius 2 is 2.35 bits per heavy atom. The summed E-state index contributed by atoms with van der Waals surface area (Å²) in [6.07, 6.45) is 0.273. The minimum absolute atomic E-state index is 0.0620. The fraction of sp³-hybridized carbons (Fsp3) is 0.364. The first-order valence-electron chi connectivity index (χ1n) is 5.88. The number of nitro groups is 1. The fourth-order valence-corrected chi connectivity index (χ4v) is 2.19. The van der Waals surface area contributed by atoms with E-state index in [2.05, 4.69) is 10.0 Å². The van der Waals surface area contributed by atoms with Crippen LogP contribution in [0.15, 0.2) is 23.3 Å². The van der Waals surface area contributed by atoms with Gasteiger partial charge in [0.25, 0.3) is 5.69 Å². The van der Waals surface area contributed by atoms with E-state index in [0.717, 1.165) is 0 Å². The number of carbonyl (C=O) groups excluding carboxylic acids is 1. The van der Waals surface area contributed by atoms with Crippen LogP contribution in [0.5, 0.6) is 0 Å². The van der Waals surface area contributed by atoms with Crippen LogP contribution in [0.2, 0.25) is 0 Å². The number of anilines is 2. The maximum absolute atomic E-state index is 11.9. The van der Waals surface area contributed by atoms with E-state index in [1.165, 1.54) is 23.1 Å². The molecule has 1 aromatic rings. The zero-order chi connectivity index (χ0) is 14.7. The number of azide groups is 1. The van der Waals surface area contributed by atoms with Crippen LogP contribution in [0.4, 0.5) is 17.1 Å². The number of hydrogen-bond donors (Lipinski definition) is 1. The van der Waals surface area contributed by atoms with Crippen molar-refractivity contribution in [3.05, 3.63) is 38.8 Å². The number of hydrogen-bond acceptors (Lipinski definition) is 5. The molecule has 20 heavy (non-hydrogen) atoms. The molecule has 9 heteroatoms. The molecule has 1 saturated heterocycles. The average Bonchev–Trinajstić information content (AvgIpc) is 2.77. The Morgan fingerprint density at radius 1 is 1.60 bits per heavy atom. The van der Waals surface area contributed by atoms with Crippen molar-refractivity contribution < 1.29 is 9.72 Å². The molecular formula is C11H12N6O3. The predicted molar refractivity (Wildman–Crippen MR) is 72.0 cm³/mol. The molecule has 1 aromatic carbocycles. The summed E-state index contributed by atoms with van der Waals surface area (Å²) < 4.78 is 0. The Labute approximate surface area is 113 Å². The van der Waals surface area contributed by atoms with Gasteiger partial charge in [0, 0.05) is 36.6 Å². The third-order valence-corrected chi connectivity index (χ3v) is 3.12. The highest BCUT2D eigenvalue weighted by Crippen LogP contribution is 2.32. The van der Waals surface area contributed by atoms with Crippen molar-refractivity contribution in [3.8, 4) is 0 Å². The van der Waals surface area contributed by atoms with E-state index in [4.69, 9.17) is 11.3 Å². The smallest absolute Gasteiger partial charge is 0.271 e. The first kappa shape index (κ1) is 13.6. The summed E-state index contributed by atoms with van der Waals surface area (Å²) in [4.78, 5) is 26.2. The van der Waals surface area contributed by atoms with Crippen LogP contribution in [-0.2, 0) is 4.79 Å². The molecule has 1 amide bonds. The van der Waals surface area contributed by atoms with E-state index in [1.54, 1.807) is 0 Å². The predicted octanol–water partition coefficient (Wildman–Crippen LogP) is 1.84. The highest BCUT2D eigenvalue weighted by Gasteiger charge is 2.31. The number of non-ortho nitro benzene ring substituents is 1. The standard InChI is InChI=1S/C11H12N6O3/c12-9-4-8(17(19)20)1-2-10(9)16-6-7(3-11(16)18)5-14-15-13/h1-2,4,7H,3,5-6,12H2. The van der Waals surface area contributed by atoms with Crippen molar-refractivity contribution >= 4 is 23.0 Å². The number of nitrogens with two attached hydrogens (primary N) is 1. The Bertz CT molecular complexity index is 610. The number of rotatable bonds is 4. The number of benzene rings is 1. The lowest BCUT2D eigenvalue weighted by molar-refractivity contribution is -0.384. The van der Waals surface area contributed by atoms with Crippen LogP contribution in [0.25, 0.3) is 10.4 Å². The van der Waals surface area contributed by atoms with Gasteiger partial charge in [0.15, 0.2) is 0 Å². The van der Waals surface area contributed by atoms with Crippen LogP contribution >= 0.6 is 0 Å². The number of carbonyl (C=O) groups is 1. The van der Waals surface area contributed by atoms with E-state index in [0.29, 0.717) is 12.2 Å². The molecule has 2 N–H and O–H groups in total. The van der Waals surface area contributed by atoms with Gasteiger partial charge in [-0.3, -0.25) is 14.9 Å². The molecule has 2 rings (SSSR count). The lowest BCUT2D eigenvalue weighted by Crippen LogP contribution is -2.25. The van der Waals surface area contributed by atoms with E-state index in [1.807, 2.05) is 0 Å². The van der Waals surface area contributed by atoms with Gasteiger partial charge in [-0.1, -0.05) is 5.11 Å². The summed E-state index contributed by atoms with van der Waals surface area (Å²) in [5, 5.41) is 14.1. The molecule has 1 unspecified atom stereocenters. The molecule has 0 aliphatic carbocycles. The molecular weight excluding hydrogens is 264 g/mol. The second kappa shape index (κ2) is 5.45. The quantitative estimate of drug-likeness (QED) is 0.224. The van der Waals surface area contributed by atoms with E-state index in [9.17, 15) is 14.9 Å². The first-order chi connectivity index (χ1) is 9.52. The Balaban J connectivity index is 2.21. The summed E-state index contributed by atoms with van der Waals surface area (Å²) in [5.41, 5.74) is 14.5. The number of nitrogens with zero attached hydrogens (tertiary/aromatic N) is 5. The van der Waals surface area contributed by atoms with Crippen LogP contribution < -0.4 is 10.6 Å². The van der Waals surface area contributed by atoms with Gasteiger partial charge in [0.05, 0.1) is 16.3 Å². The Hall–Kier alpha value is -2.80. The molecule has 104 valence electrons. The Morgan fingerprint density at radius 3 is 2.95 bits per heavy atom. The Kier molecular flexibility index (Phi) is 3.72. The van der Waals surface area contributed by atoms with Gasteiger partial charge < -0.3 is 10.6 Å². The summed E-state index contributed by atoms with van der Waals surface area (Å²) in [6, 6.07) is 3.99. The highest BCUT2D eigenvalue weighted by molar-refractivity contribution is 5.98. The van der Waals surface area contributed by atoms with Gasteiger partial charge >= 0.3 is 0 Å². The van der Waals surface area contributed by atoms with Gasteiger partial charge in [0.1, 0.15) is 0 Å². The van der Waals surface area contributed by atoms with Gasteiger partial charge in [-0.2, -0.15) is 0 Å². The molecule has 1 heterocycles. The van der Waals surface area contributed by atoms with Crippen molar-refractivity contribution in [2.45, 2.75) is 6.42 Å². The molecule has 0 bridgehead atoms. The zero-order valence-electron chi connectivity index (χ0n) is 10.5. The second-order valence-corrected chi connectivity index (χ2v) is 4.49. The second-order valence-electron chi connectivity index (χ2n) is 4.49. The van der Waals surface area contributed by atoms with Gasteiger partial charge in [-0.15, -0.1) is 0 Å². The van der Waals surface area contributed by atoms with Crippen LogP contribution in [0.1, 0.15) is 6.42 Å². The van der Waals surface area contributed by atoms with Crippen LogP contribution in [0, 0.1) is 16.0 Å². The summed E-state index contributed by atoms with van der Waals surface area (Å²) in [6.45, 7) is 0.630. The monoisotopic (exact) mass is 276 g/mol. The largest absolute Gasteiger partial charge is 0.397 e. The SMILES string of the molecule is [N-]=[N+]=NCC1CC(=O)N(c2ccc([N+](=O)[O-])cc2N)C1. The third-order valence-electron chi connectivity index (χ3n) is 3.12. The minimum atomic E-state index is -0.545. The molecule has 0 aromatic heterocycles. The number of amides is 1. The van der Waals surface area contributed by atoms with E-state index >= 15 is 0 Å². The normalized spacial score (nSPS) is 17.9. The molecule has 1 fully saturated rings. The van der Waals surface area contributed by atoms with Gasteiger partial charge in [0.2, 0.25) is 5.91 Å². The molecule has 9 nitrogen and oxygen atoms in total. The van der Waals surface area contributed by atoms with Crippen molar-refractivity contribution in [2.24, 2.45) is 11.0 Å². The maximum atomic E-state index is 11.9. The van der Waals surface area contributed by atoms with Crippen molar-refractivity contribution in [1.82, 2.24) is 0 Å². The van der Waals surface area contributed by atoms with Crippen molar-refractivity contribution in [3.63, 3.8) is 0 Å².